The van der Waals surface area contributed by atoms with Crippen LogP contribution in [0.25, 0.3) is 46.6 Å². The third-order valence-corrected chi connectivity index (χ3v) is 8.36. The second kappa shape index (κ2) is 14.7. The van der Waals surface area contributed by atoms with Gasteiger partial charge < -0.3 is 11.5 Å². The van der Waals surface area contributed by atoms with Crippen LogP contribution in [0.1, 0.15) is 77.1 Å². The molecule has 0 heterocycles. The van der Waals surface area contributed by atoms with Gasteiger partial charge in [0.1, 0.15) is 0 Å². The van der Waals surface area contributed by atoms with Crippen molar-refractivity contribution in [2.75, 3.05) is 6.54 Å². The highest BCUT2D eigenvalue weighted by atomic mass is 14.5. The minimum Gasteiger partial charge on any atom is -0.405 e. The summed E-state index contributed by atoms with van der Waals surface area (Å²) >= 11 is 0. The summed E-state index contributed by atoms with van der Waals surface area (Å²) in [6, 6.07) is 13.7. The van der Waals surface area contributed by atoms with Crippen LogP contribution in [0.3, 0.4) is 0 Å². The van der Waals surface area contributed by atoms with E-state index in [0.29, 0.717) is 6.54 Å². The highest BCUT2D eigenvalue weighted by Crippen LogP contribution is 2.45. The molecule has 4 N–H and O–H groups in total. The Morgan fingerprint density at radius 2 is 1.74 bits per heavy atom. The molecular weight excluding hydrogens is 508 g/mol. The van der Waals surface area contributed by atoms with Crippen molar-refractivity contribution in [1.29, 1.82) is 0 Å². The van der Waals surface area contributed by atoms with Crippen molar-refractivity contribution >= 4 is 24.3 Å². The van der Waals surface area contributed by atoms with Crippen LogP contribution in [-0.2, 0) is 12.8 Å². The summed E-state index contributed by atoms with van der Waals surface area (Å²) < 4.78 is 0. The highest BCUT2D eigenvalue weighted by Gasteiger charge is 2.24. The van der Waals surface area contributed by atoms with E-state index in [1.54, 1.807) is 6.20 Å². The molecule has 42 heavy (non-hydrogen) atoms. The van der Waals surface area contributed by atoms with Gasteiger partial charge in [0.15, 0.2) is 0 Å². The van der Waals surface area contributed by atoms with Crippen molar-refractivity contribution in [3.8, 4) is 22.3 Å². The van der Waals surface area contributed by atoms with Gasteiger partial charge in [-0.2, -0.15) is 0 Å². The fourth-order valence-electron chi connectivity index (χ4n) is 6.09. The topological polar surface area (TPSA) is 52.0 Å². The Kier molecular flexibility index (Phi) is 10.8. The Balaban J connectivity index is 1.87. The number of rotatable bonds is 12. The monoisotopic (exact) mass is 554 g/mol. The number of unbranched alkanes of at least 4 members (excludes halogenated alkanes) is 1. The maximum atomic E-state index is 6.10. The molecule has 0 radical (unpaired) electrons. The van der Waals surface area contributed by atoms with E-state index in [1.807, 2.05) is 18.2 Å². The number of fused-ring (bicyclic) bond motifs is 1. The molecule has 2 nitrogen and oxygen atoms in total. The van der Waals surface area contributed by atoms with Gasteiger partial charge in [-0.3, -0.25) is 0 Å². The fourth-order valence-corrected chi connectivity index (χ4v) is 6.09. The van der Waals surface area contributed by atoms with Crippen LogP contribution in [0.2, 0.25) is 0 Å². The molecule has 3 aromatic carbocycles. The van der Waals surface area contributed by atoms with Crippen LogP contribution in [0, 0.1) is 13.8 Å². The zero-order valence-corrected chi connectivity index (χ0v) is 25.7. The van der Waals surface area contributed by atoms with E-state index in [2.05, 4.69) is 101 Å². The van der Waals surface area contributed by atoms with E-state index in [0.717, 1.165) is 49.7 Å². The molecule has 0 saturated carbocycles. The minimum absolute atomic E-state index is 0.588. The Hall–Kier alpha value is -4.14. The van der Waals surface area contributed by atoms with Gasteiger partial charge in [0.2, 0.25) is 0 Å². The van der Waals surface area contributed by atoms with Crippen LogP contribution in [0.15, 0.2) is 85.6 Å². The number of allylic oxidation sites excluding steroid dienone is 4. The molecule has 0 fully saturated rings. The van der Waals surface area contributed by atoms with Crippen molar-refractivity contribution < 1.29 is 0 Å². The lowest BCUT2D eigenvalue weighted by Gasteiger charge is -2.27. The fraction of sp³-hybridized carbons (Fsp3) is 0.250. The summed E-state index contributed by atoms with van der Waals surface area (Å²) in [6.45, 7) is 15.7. The summed E-state index contributed by atoms with van der Waals surface area (Å²) in [4.78, 5) is 0. The SMILES string of the molecule is C=Cc1c(C=C)c(-c2cc(C/C=C(\CN)CCC/C=C\N)ccc2C)c2c(c1-c1ccc(C)c(/C=C\C)c1)C=CCC2. The van der Waals surface area contributed by atoms with Gasteiger partial charge in [-0.15, -0.1) is 0 Å². The normalized spacial score (nSPS) is 13.2. The van der Waals surface area contributed by atoms with E-state index in [1.165, 1.54) is 61.2 Å². The van der Waals surface area contributed by atoms with Crippen molar-refractivity contribution in [3.63, 3.8) is 0 Å². The maximum Gasteiger partial charge on any atom is 0.0136 e. The average molecular weight is 555 g/mol. The second-order valence-electron chi connectivity index (χ2n) is 11.1. The molecule has 0 spiro atoms. The maximum absolute atomic E-state index is 6.10. The molecular formula is C40H46N2. The summed E-state index contributed by atoms with van der Waals surface area (Å²) in [7, 11) is 0. The molecule has 0 unspecified atom stereocenters. The predicted molar refractivity (Wildman–Crippen MR) is 187 cm³/mol. The lowest BCUT2D eigenvalue weighted by Crippen LogP contribution is -2.07. The van der Waals surface area contributed by atoms with Crippen molar-refractivity contribution in [1.82, 2.24) is 0 Å². The molecule has 0 amide bonds. The van der Waals surface area contributed by atoms with E-state index in [-0.39, 0.29) is 0 Å². The van der Waals surface area contributed by atoms with E-state index in [4.69, 9.17) is 11.5 Å². The van der Waals surface area contributed by atoms with Gasteiger partial charge in [0, 0.05) is 6.54 Å². The molecule has 1 aliphatic rings. The zero-order chi connectivity index (χ0) is 30.1. The first-order valence-electron chi connectivity index (χ1n) is 15.2. The third kappa shape index (κ3) is 6.66. The van der Waals surface area contributed by atoms with Gasteiger partial charge in [0.05, 0.1) is 0 Å². The summed E-state index contributed by atoms with van der Waals surface area (Å²) in [6.07, 6.45) is 24.8. The van der Waals surface area contributed by atoms with E-state index in [9.17, 15) is 0 Å². The molecule has 216 valence electrons. The van der Waals surface area contributed by atoms with Crippen LogP contribution in [0.4, 0.5) is 0 Å². The first-order valence-corrected chi connectivity index (χ1v) is 15.2. The number of aryl methyl sites for hydroxylation is 2. The molecule has 0 bridgehead atoms. The van der Waals surface area contributed by atoms with Crippen molar-refractivity contribution in [2.45, 2.75) is 59.3 Å². The zero-order valence-electron chi connectivity index (χ0n) is 25.7. The van der Waals surface area contributed by atoms with Gasteiger partial charge in [-0.1, -0.05) is 97.7 Å². The molecule has 0 aromatic heterocycles. The molecule has 2 heteroatoms. The van der Waals surface area contributed by atoms with Crippen LogP contribution in [0.5, 0.6) is 0 Å². The number of hydrogen-bond donors (Lipinski definition) is 2. The summed E-state index contributed by atoms with van der Waals surface area (Å²) in [5, 5.41) is 0. The molecule has 0 aliphatic heterocycles. The predicted octanol–water partition coefficient (Wildman–Crippen LogP) is 9.99. The number of nitrogens with two attached hydrogens (primary N) is 2. The Morgan fingerprint density at radius 1 is 0.976 bits per heavy atom. The summed E-state index contributed by atoms with van der Waals surface area (Å²) in [5.74, 6) is 0. The second-order valence-corrected chi connectivity index (χ2v) is 11.1. The largest absolute Gasteiger partial charge is 0.405 e. The minimum atomic E-state index is 0.588. The number of benzene rings is 3. The Labute approximate surface area is 253 Å². The van der Waals surface area contributed by atoms with Crippen molar-refractivity contribution in [3.05, 3.63) is 130 Å². The average Bonchev–Trinajstić information content (AvgIpc) is 3.01. The first-order chi connectivity index (χ1) is 20.5. The highest BCUT2D eigenvalue weighted by molar-refractivity contribution is 5.97. The van der Waals surface area contributed by atoms with Gasteiger partial charge >= 0.3 is 0 Å². The van der Waals surface area contributed by atoms with Gasteiger partial charge in [0.25, 0.3) is 0 Å². The Bertz CT molecular complexity index is 1580. The molecule has 4 rings (SSSR count). The summed E-state index contributed by atoms with van der Waals surface area (Å²) in [5.41, 5.74) is 28.0. The molecule has 0 saturated heterocycles. The quantitative estimate of drug-likeness (QED) is 0.173. The molecule has 1 aliphatic carbocycles. The molecule has 0 atom stereocenters. The third-order valence-electron chi connectivity index (χ3n) is 8.36. The first kappa shape index (κ1) is 30.8. The van der Waals surface area contributed by atoms with Gasteiger partial charge in [-0.25, -0.2) is 0 Å². The lowest BCUT2D eigenvalue weighted by molar-refractivity contribution is 0.808. The lowest BCUT2D eigenvalue weighted by atomic mass is 9.77. The van der Waals surface area contributed by atoms with Gasteiger partial charge in [-0.05, 0) is 138 Å². The molecule has 3 aromatic rings. The smallest absolute Gasteiger partial charge is 0.0136 e. The number of hydrogen-bond acceptors (Lipinski definition) is 2. The van der Waals surface area contributed by atoms with E-state index < -0.39 is 0 Å². The van der Waals surface area contributed by atoms with Crippen molar-refractivity contribution in [2.24, 2.45) is 11.5 Å². The van der Waals surface area contributed by atoms with Crippen LogP contribution in [-0.4, -0.2) is 6.54 Å². The van der Waals surface area contributed by atoms with E-state index >= 15 is 0 Å². The van der Waals surface area contributed by atoms with Crippen LogP contribution >= 0.6 is 0 Å². The Morgan fingerprint density at radius 3 is 2.45 bits per heavy atom. The standard InChI is InChI=1S/C40H46N2/c1-6-14-32-26-33(23-19-28(32)4)39-34(7-2)35(8-3)40(37-17-12-11-16-36(37)39)38-25-30(20-18-29(38)5)21-22-31(27-42)15-10-9-13-24-41/h6-8,11,13-14,16,18-20,22-26H,2-3,9-10,12,15,17,21,27,41-42H2,1,4-5H3/b14-6-,24-13-,31-22-. The van der Waals surface area contributed by atoms with Crippen LogP contribution < -0.4 is 11.5 Å².